The summed E-state index contributed by atoms with van der Waals surface area (Å²) in [7, 11) is 1.57. The van der Waals surface area contributed by atoms with Gasteiger partial charge in [-0.15, -0.1) is 0 Å². The van der Waals surface area contributed by atoms with E-state index in [1.54, 1.807) is 57.4 Å². The van der Waals surface area contributed by atoms with Crippen molar-refractivity contribution in [2.24, 2.45) is 0 Å². The highest BCUT2D eigenvalue weighted by atomic mass is 35.5. The first-order valence-electron chi connectivity index (χ1n) is 7.11. The topological polar surface area (TPSA) is 73.6 Å². The summed E-state index contributed by atoms with van der Waals surface area (Å²) in [6.45, 7) is 3.59. The summed E-state index contributed by atoms with van der Waals surface area (Å²) in [5, 5.41) is 3.73. The molecule has 0 bridgehead atoms. The Morgan fingerprint density at radius 1 is 1.17 bits per heavy atom. The fraction of sp³-hybridized carbons (Fsp3) is 0.235. The van der Waals surface area contributed by atoms with Crippen molar-refractivity contribution in [2.45, 2.75) is 20.0 Å². The van der Waals surface area contributed by atoms with Crippen LogP contribution in [0.15, 0.2) is 36.4 Å². The SMILES string of the molecule is COc1ccc(Cl)cc1Nc1ccc(C(=O)OC(C)C)cc1N. The first-order valence-corrected chi connectivity index (χ1v) is 7.49. The third-order valence-corrected chi connectivity index (χ3v) is 3.30. The molecule has 2 aromatic carbocycles. The lowest BCUT2D eigenvalue weighted by atomic mass is 10.1. The highest BCUT2D eigenvalue weighted by Crippen LogP contribution is 2.32. The van der Waals surface area contributed by atoms with Crippen molar-refractivity contribution < 1.29 is 14.3 Å². The summed E-state index contributed by atoms with van der Waals surface area (Å²) in [6, 6.07) is 10.2. The molecule has 0 aromatic heterocycles. The van der Waals surface area contributed by atoms with Crippen LogP contribution >= 0.6 is 11.6 Å². The van der Waals surface area contributed by atoms with E-state index < -0.39 is 5.97 Å². The van der Waals surface area contributed by atoms with Crippen LogP contribution in [0, 0.1) is 0 Å². The molecule has 0 aliphatic heterocycles. The zero-order valence-electron chi connectivity index (χ0n) is 13.2. The van der Waals surface area contributed by atoms with Crippen LogP contribution in [0.3, 0.4) is 0 Å². The molecule has 122 valence electrons. The van der Waals surface area contributed by atoms with Gasteiger partial charge in [-0.3, -0.25) is 0 Å². The molecule has 0 heterocycles. The Bertz CT molecular complexity index is 717. The summed E-state index contributed by atoms with van der Waals surface area (Å²) in [5.41, 5.74) is 8.18. The van der Waals surface area contributed by atoms with E-state index >= 15 is 0 Å². The standard InChI is InChI=1S/C17H19ClN2O3/c1-10(2)23-17(21)11-4-6-14(13(19)8-11)20-15-9-12(18)5-7-16(15)22-3/h4-10,20H,19H2,1-3H3. The van der Waals surface area contributed by atoms with E-state index in [-0.39, 0.29) is 6.10 Å². The van der Waals surface area contributed by atoms with E-state index in [0.29, 0.717) is 33.4 Å². The molecular formula is C17H19ClN2O3. The number of benzene rings is 2. The highest BCUT2D eigenvalue weighted by Gasteiger charge is 2.12. The summed E-state index contributed by atoms with van der Waals surface area (Å²) in [5.74, 6) is 0.232. The minimum Gasteiger partial charge on any atom is -0.495 e. The van der Waals surface area contributed by atoms with Crippen molar-refractivity contribution in [2.75, 3.05) is 18.2 Å². The third-order valence-electron chi connectivity index (χ3n) is 3.06. The van der Waals surface area contributed by atoms with Gasteiger partial charge in [0.2, 0.25) is 0 Å². The van der Waals surface area contributed by atoms with Gasteiger partial charge < -0.3 is 20.5 Å². The molecule has 0 aliphatic rings. The van der Waals surface area contributed by atoms with Crippen LogP contribution < -0.4 is 15.8 Å². The molecule has 0 saturated heterocycles. The smallest absolute Gasteiger partial charge is 0.338 e. The van der Waals surface area contributed by atoms with Crippen LogP contribution in [0.25, 0.3) is 0 Å². The average Bonchev–Trinajstić information content (AvgIpc) is 2.49. The Balaban J connectivity index is 2.25. The quantitative estimate of drug-likeness (QED) is 0.632. The van der Waals surface area contributed by atoms with E-state index in [0.717, 1.165) is 0 Å². The maximum Gasteiger partial charge on any atom is 0.338 e. The molecule has 2 aromatic rings. The Morgan fingerprint density at radius 3 is 2.52 bits per heavy atom. The molecular weight excluding hydrogens is 316 g/mol. The van der Waals surface area contributed by atoms with Crippen molar-refractivity contribution >= 4 is 34.6 Å². The average molecular weight is 335 g/mol. The van der Waals surface area contributed by atoms with Crippen molar-refractivity contribution in [3.63, 3.8) is 0 Å². The van der Waals surface area contributed by atoms with E-state index in [4.69, 9.17) is 26.8 Å². The molecule has 2 rings (SSSR count). The number of hydrogen-bond acceptors (Lipinski definition) is 5. The van der Waals surface area contributed by atoms with Gasteiger partial charge in [-0.05, 0) is 50.2 Å². The van der Waals surface area contributed by atoms with E-state index in [1.807, 2.05) is 0 Å². The maximum atomic E-state index is 11.9. The normalized spacial score (nSPS) is 10.5. The fourth-order valence-corrected chi connectivity index (χ4v) is 2.18. The first-order chi connectivity index (χ1) is 10.9. The largest absolute Gasteiger partial charge is 0.495 e. The predicted octanol–water partition coefficient (Wildman–Crippen LogP) is 4.24. The summed E-state index contributed by atoms with van der Waals surface area (Å²) in [6.07, 6.45) is -0.183. The number of methoxy groups -OCH3 is 1. The minimum absolute atomic E-state index is 0.183. The Kier molecular flexibility index (Phi) is 5.34. The van der Waals surface area contributed by atoms with Crippen molar-refractivity contribution in [3.8, 4) is 5.75 Å². The molecule has 6 heteroatoms. The summed E-state index contributed by atoms with van der Waals surface area (Å²) < 4.78 is 10.4. The minimum atomic E-state index is -0.404. The number of nitrogen functional groups attached to an aromatic ring is 1. The van der Waals surface area contributed by atoms with Gasteiger partial charge in [-0.25, -0.2) is 4.79 Å². The fourth-order valence-electron chi connectivity index (χ4n) is 2.01. The van der Waals surface area contributed by atoms with Crippen LogP contribution in [0.4, 0.5) is 17.1 Å². The van der Waals surface area contributed by atoms with Crippen LogP contribution in [-0.2, 0) is 4.74 Å². The number of rotatable bonds is 5. The lowest BCUT2D eigenvalue weighted by Gasteiger charge is -2.14. The Labute approximate surface area is 140 Å². The molecule has 0 aliphatic carbocycles. The second kappa shape index (κ2) is 7.24. The van der Waals surface area contributed by atoms with Gasteiger partial charge >= 0.3 is 5.97 Å². The van der Waals surface area contributed by atoms with E-state index in [2.05, 4.69) is 5.32 Å². The second-order valence-corrected chi connectivity index (χ2v) is 5.66. The number of nitrogens with one attached hydrogen (secondary N) is 1. The lowest BCUT2D eigenvalue weighted by molar-refractivity contribution is 0.0378. The number of halogens is 1. The summed E-state index contributed by atoms with van der Waals surface area (Å²) >= 11 is 6.01. The number of nitrogens with two attached hydrogens (primary N) is 1. The van der Waals surface area contributed by atoms with Gasteiger partial charge in [0.25, 0.3) is 0 Å². The number of ether oxygens (including phenoxy) is 2. The Morgan fingerprint density at radius 2 is 1.91 bits per heavy atom. The molecule has 5 nitrogen and oxygen atoms in total. The predicted molar refractivity (Wildman–Crippen MR) is 92.7 cm³/mol. The van der Waals surface area contributed by atoms with Crippen molar-refractivity contribution in [3.05, 3.63) is 47.0 Å². The van der Waals surface area contributed by atoms with E-state index in [1.165, 1.54) is 0 Å². The number of hydrogen-bond donors (Lipinski definition) is 2. The van der Waals surface area contributed by atoms with Crippen molar-refractivity contribution in [1.82, 2.24) is 0 Å². The maximum absolute atomic E-state index is 11.9. The van der Waals surface area contributed by atoms with Crippen LogP contribution in [-0.4, -0.2) is 19.2 Å². The summed E-state index contributed by atoms with van der Waals surface area (Å²) in [4.78, 5) is 11.9. The molecule has 0 unspecified atom stereocenters. The second-order valence-electron chi connectivity index (χ2n) is 5.23. The molecule has 0 spiro atoms. The molecule has 0 fully saturated rings. The molecule has 0 saturated carbocycles. The third kappa shape index (κ3) is 4.29. The molecule has 0 radical (unpaired) electrons. The van der Waals surface area contributed by atoms with Crippen LogP contribution in [0.2, 0.25) is 5.02 Å². The monoisotopic (exact) mass is 334 g/mol. The van der Waals surface area contributed by atoms with E-state index in [9.17, 15) is 4.79 Å². The number of carbonyl (C=O) groups is 1. The highest BCUT2D eigenvalue weighted by molar-refractivity contribution is 6.31. The zero-order chi connectivity index (χ0) is 17.0. The Hall–Kier alpha value is -2.40. The number of anilines is 3. The van der Waals surface area contributed by atoms with Gasteiger partial charge in [0, 0.05) is 5.02 Å². The number of esters is 1. The molecule has 0 atom stereocenters. The molecule has 23 heavy (non-hydrogen) atoms. The van der Waals surface area contributed by atoms with Gasteiger partial charge in [-0.2, -0.15) is 0 Å². The van der Waals surface area contributed by atoms with Gasteiger partial charge in [-0.1, -0.05) is 11.6 Å². The first kappa shape index (κ1) is 17.0. The molecule has 0 amide bonds. The van der Waals surface area contributed by atoms with Crippen LogP contribution in [0.5, 0.6) is 5.75 Å². The van der Waals surface area contributed by atoms with Crippen molar-refractivity contribution in [1.29, 1.82) is 0 Å². The zero-order valence-corrected chi connectivity index (χ0v) is 14.0. The lowest BCUT2D eigenvalue weighted by Crippen LogP contribution is -2.12. The molecule has 3 N–H and O–H groups in total. The number of carbonyl (C=O) groups excluding carboxylic acids is 1. The van der Waals surface area contributed by atoms with Gasteiger partial charge in [0.1, 0.15) is 5.75 Å². The van der Waals surface area contributed by atoms with Gasteiger partial charge in [0.05, 0.1) is 35.8 Å². The van der Waals surface area contributed by atoms with Gasteiger partial charge in [0.15, 0.2) is 0 Å². The van der Waals surface area contributed by atoms with Crippen LogP contribution in [0.1, 0.15) is 24.2 Å².